The third kappa shape index (κ3) is 2.46. The van der Waals surface area contributed by atoms with E-state index in [0.717, 1.165) is 30.3 Å². The van der Waals surface area contributed by atoms with E-state index < -0.39 is 6.23 Å². The number of nitrogens with zero attached hydrogens (tertiary/aromatic N) is 5. The second-order valence-corrected chi connectivity index (χ2v) is 6.42. The van der Waals surface area contributed by atoms with Crippen LogP contribution < -0.4 is 9.80 Å². The highest BCUT2D eigenvalue weighted by Crippen LogP contribution is 2.35. The number of hydrogen-bond donors (Lipinski definition) is 1. The Balaban J connectivity index is 1.72. The number of hydrogen-bond acceptors (Lipinski definition) is 5. The van der Waals surface area contributed by atoms with E-state index in [0.29, 0.717) is 12.5 Å². The Morgan fingerprint density at radius 1 is 1.25 bits per heavy atom. The SMILES string of the molecule is CN1Cc2c(nc3n2C(O)C=CN3Cc2ccc(F)cc2)N(C)C1. The summed E-state index contributed by atoms with van der Waals surface area (Å²) >= 11 is 0. The summed E-state index contributed by atoms with van der Waals surface area (Å²) in [6.45, 7) is 2.10. The quantitative estimate of drug-likeness (QED) is 0.912. The number of aliphatic hydroxyl groups excluding tert-OH is 1. The Hall–Kier alpha value is -2.38. The van der Waals surface area contributed by atoms with E-state index in [4.69, 9.17) is 4.98 Å². The number of anilines is 2. The Labute approximate surface area is 140 Å². The lowest BCUT2D eigenvalue weighted by Gasteiger charge is -2.32. The number of rotatable bonds is 2. The second kappa shape index (κ2) is 5.61. The standard InChI is InChI=1S/C17H20FN5O/c1-20-10-14-16(21(2)11-20)19-17-22(8-7-15(24)23(14)17)9-12-3-5-13(18)6-4-12/h3-8,15,24H,9-11H2,1-2H3. The van der Waals surface area contributed by atoms with Crippen molar-refractivity contribution >= 4 is 11.8 Å². The maximum atomic E-state index is 13.1. The molecule has 2 aliphatic heterocycles. The van der Waals surface area contributed by atoms with E-state index >= 15 is 0 Å². The highest BCUT2D eigenvalue weighted by Gasteiger charge is 2.31. The van der Waals surface area contributed by atoms with E-state index in [1.54, 1.807) is 18.2 Å². The van der Waals surface area contributed by atoms with Crippen LogP contribution in [-0.2, 0) is 13.1 Å². The summed E-state index contributed by atoms with van der Waals surface area (Å²) in [6.07, 6.45) is 2.86. The topological polar surface area (TPSA) is 47.8 Å². The normalized spacial score (nSPS) is 20.2. The molecule has 1 unspecified atom stereocenters. The third-order valence-electron chi connectivity index (χ3n) is 4.43. The smallest absolute Gasteiger partial charge is 0.214 e. The molecule has 126 valence electrons. The molecule has 2 aromatic rings. The molecule has 0 radical (unpaired) electrons. The third-order valence-corrected chi connectivity index (χ3v) is 4.43. The Morgan fingerprint density at radius 2 is 2.00 bits per heavy atom. The lowest BCUT2D eigenvalue weighted by Crippen LogP contribution is -2.38. The molecular weight excluding hydrogens is 309 g/mol. The molecule has 1 atom stereocenters. The van der Waals surface area contributed by atoms with Crippen molar-refractivity contribution in [1.82, 2.24) is 14.5 Å². The van der Waals surface area contributed by atoms with Crippen LogP contribution >= 0.6 is 0 Å². The zero-order valence-corrected chi connectivity index (χ0v) is 13.7. The minimum absolute atomic E-state index is 0.245. The van der Waals surface area contributed by atoms with Gasteiger partial charge in [-0.25, -0.2) is 4.39 Å². The van der Waals surface area contributed by atoms with Crippen molar-refractivity contribution in [3.63, 3.8) is 0 Å². The molecule has 6 nitrogen and oxygen atoms in total. The molecule has 0 bridgehead atoms. The van der Waals surface area contributed by atoms with Gasteiger partial charge in [-0.15, -0.1) is 0 Å². The van der Waals surface area contributed by atoms with Crippen molar-refractivity contribution in [2.24, 2.45) is 0 Å². The van der Waals surface area contributed by atoms with Crippen molar-refractivity contribution in [3.8, 4) is 0 Å². The van der Waals surface area contributed by atoms with Gasteiger partial charge in [0.2, 0.25) is 5.95 Å². The van der Waals surface area contributed by atoms with Gasteiger partial charge in [0, 0.05) is 19.8 Å². The molecule has 4 rings (SSSR count). The summed E-state index contributed by atoms with van der Waals surface area (Å²) in [5, 5.41) is 10.4. The molecule has 7 heteroatoms. The van der Waals surface area contributed by atoms with Crippen LogP contribution in [0.15, 0.2) is 36.5 Å². The van der Waals surface area contributed by atoms with Crippen molar-refractivity contribution in [2.45, 2.75) is 19.3 Å². The van der Waals surface area contributed by atoms with Gasteiger partial charge in [0.05, 0.1) is 18.9 Å². The van der Waals surface area contributed by atoms with E-state index in [2.05, 4.69) is 9.80 Å². The second-order valence-electron chi connectivity index (χ2n) is 6.42. The van der Waals surface area contributed by atoms with Gasteiger partial charge in [-0.3, -0.25) is 9.47 Å². The van der Waals surface area contributed by atoms with Crippen molar-refractivity contribution in [1.29, 1.82) is 0 Å². The van der Waals surface area contributed by atoms with Crippen LogP contribution in [0, 0.1) is 5.82 Å². The molecule has 0 spiro atoms. The Kier molecular flexibility index (Phi) is 3.54. The fourth-order valence-corrected chi connectivity index (χ4v) is 3.35. The van der Waals surface area contributed by atoms with Gasteiger partial charge >= 0.3 is 0 Å². The number of fused-ring (bicyclic) bond motifs is 3. The number of benzene rings is 1. The largest absolute Gasteiger partial charge is 0.369 e. The van der Waals surface area contributed by atoms with Gasteiger partial charge in [0.1, 0.15) is 5.82 Å². The lowest BCUT2D eigenvalue weighted by molar-refractivity contribution is 0.144. The number of imidazole rings is 1. The number of halogens is 1. The van der Waals surface area contributed by atoms with Gasteiger partial charge in [0.15, 0.2) is 12.0 Å². The fraction of sp³-hybridized carbons (Fsp3) is 0.353. The molecule has 1 aromatic heterocycles. The van der Waals surface area contributed by atoms with Gasteiger partial charge in [-0.2, -0.15) is 4.98 Å². The molecule has 2 aliphatic rings. The van der Waals surface area contributed by atoms with Crippen LogP contribution in [0.4, 0.5) is 16.2 Å². The van der Waals surface area contributed by atoms with Crippen molar-refractivity contribution in [3.05, 3.63) is 53.6 Å². The molecule has 3 heterocycles. The van der Waals surface area contributed by atoms with Crippen LogP contribution in [0.1, 0.15) is 17.5 Å². The average Bonchev–Trinajstić information content (AvgIpc) is 2.93. The van der Waals surface area contributed by atoms with Gasteiger partial charge in [0.25, 0.3) is 0 Å². The van der Waals surface area contributed by atoms with Crippen LogP contribution in [0.5, 0.6) is 0 Å². The summed E-state index contributed by atoms with van der Waals surface area (Å²) in [5.74, 6) is 1.36. The summed E-state index contributed by atoms with van der Waals surface area (Å²) < 4.78 is 15.0. The van der Waals surface area contributed by atoms with E-state index in [9.17, 15) is 9.50 Å². The first-order valence-corrected chi connectivity index (χ1v) is 7.91. The summed E-state index contributed by atoms with van der Waals surface area (Å²) in [6, 6.07) is 6.44. The average molecular weight is 329 g/mol. The highest BCUT2D eigenvalue weighted by molar-refractivity contribution is 5.56. The zero-order chi connectivity index (χ0) is 16.8. The molecule has 0 saturated heterocycles. The molecule has 0 fully saturated rings. The van der Waals surface area contributed by atoms with Crippen LogP contribution in [-0.4, -0.2) is 40.3 Å². The van der Waals surface area contributed by atoms with Crippen LogP contribution in [0.25, 0.3) is 0 Å². The minimum Gasteiger partial charge on any atom is -0.369 e. The summed E-state index contributed by atoms with van der Waals surface area (Å²) in [5.41, 5.74) is 1.98. The van der Waals surface area contributed by atoms with Crippen molar-refractivity contribution < 1.29 is 9.50 Å². The van der Waals surface area contributed by atoms with Gasteiger partial charge in [-0.05, 0) is 30.8 Å². The maximum absolute atomic E-state index is 13.1. The molecular formula is C17H20FN5O. The molecule has 1 N–H and O–H groups in total. The Morgan fingerprint density at radius 3 is 2.75 bits per heavy atom. The molecule has 0 amide bonds. The zero-order valence-electron chi connectivity index (χ0n) is 13.7. The van der Waals surface area contributed by atoms with Crippen LogP contribution in [0.3, 0.4) is 0 Å². The van der Waals surface area contributed by atoms with Crippen LogP contribution in [0.2, 0.25) is 0 Å². The highest BCUT2D eigenvalue weighted by atomic mass is 19.1. The van der Waals surface area contributed by atoms with E-state index in [-0.39, 0.29) is 5.82 Å². The molecule has 1 aromatic carbocycles. The number of aromatic nitrogens is 2. The first-order valence-electron chi connectivity index (χ1n) is 7.91. The van der Waals surface area contributed by atoms with E-state index in [1.807, 2.05) is 29.8 Å². The number of aliphatic hydroxyl groups is 1. The maximum Gasteiger partial charge on any atom is 0.214 e. The fourth-order valence-electron chi connectivity index (χ4n) is 3.35. The first kappa shape index (κ1) is 15.2. The molecule has 0 saturated carbocycles. The van der Waals surface area contributed by atoms with E-state index in [1.165, 1.54) is 12.1 Å². The predicted molar refractivity (Wildman–Crippen MR) is 89.9 cm³/mol. The first-order chi connectivity index (χ1) is 11.5. The predicted octanol–water partition coefficient (Wildman–Crippen LogP) is 1.89. The monoisotopic (exact) mass is 329 g/mol. The van der Waals surface area contributed by atoms with Gasteiger partial charge < -0.3 is 14.9 Å². The Bertz CT molecular complexity index is 785. The molecule has 0 aliphatic carbocycles. The molecule has 24 heavy (non-hydrogen) atoms. The summed E-state index contributed by atoms with van der Waals surface area (Å²) in [4.78, 5) is 11.0. The minimum atomic E-state index is -0.722. The lowest BCUT2D eigenvalue weighted by atomic mass is 10.2. The van der Waals surface area contributed by atoms with Crippen molar-refractivity contribution in [2.75, 3.05) is 30.6 Å². The summed E-state index contributed by atoms with van der Waals surface area (Å²) in [7, 11) is 4.04. The van der Waals surface area contributed by atoms with Gasteiger partial charge in [-0.1, -0.05) is 12.1 Å².